The largest absolute Gasteiger partial charge is 0.504 e. The van der Waals surface area contributed by atoms with Gasteiger partial charge in [0.05, 0.1) is 27.1 Å². The topological polar surface area (TPSA) is 110 Å². The number of carbonyl (C=O) groups excluding carboxylic acids is 2. The molecule has 1 fully saturated rings. The fraction of sp³-hybridized carbons (Fsp3) is 0.111. The Morgan fingerprint density at radius 1 is 1.32 bits per heavy atom. The summed E-state index contributed by atoms with van der Waals surface area (Å²) in [5.41, 5.74) is 0.976. The molecule has 1 aliphatic heterocycles. The van der Waals surface area contributed by atoms with Gasteiger partial charge in [-0.3, -0.25) is 24.6 Å². The number of carbonyl (C=O) groups is 2. The number of nitrogens with zero attached hydrogens (tertiary/aromatic N) is 2. The number of ether oxygens (including phenoxy) is 1. The second-order valence-electron chi connectivity index (χ2n) is 5.75. The van der Waals surface area contributed by atoms with Crippen molar-refractivity contribution in [2.24, 2.45) is 0 Å². The van der Waals surface area contributed by atoms with Crippen LogP contribution in [0.1, 0.15) is 11.1 Å². The van der Waals surface area contributed by atoms with Gasteiger partial charge in [-0.25, -0.2) is 0 Å². The molecular formula is C18H13IN2O6S. The Morgan fingerprint density at radius 3 is 2.75 bits per heavy atom. The number of phenols is 1. The number of aromatic hydroxyl groups is 1. The maximum absolute atomic E-state index is 12.6. The molecule has 0 unspecified atom stereocenters. The van der Waals surface area contributed by atoms with Gasteiger partial charge in [0, 0.05) is 12.1 Å². The molecule has 0 aromatic heterocycles. The highest BCUT2D eigenvalue weighted by molar-refractivity contribution is 14.1. The van der Waals surface area contributed by atoms with Crippen molar-refractivity contribution in [1.29, 1.82) is 0 Å². The Bertz CT molecular complexity index is 1020. The molecule has 144 valence electrons. The maximum atomic E-state index is 12.6. The lowest BCUT2D eigenvalue weighted by Gasteiger charge is -2.12. The number of benzene rings is 2. The highest BCUT2D eigenvalue weighted by Gasteiger charge is 2.35. The fourth-order valence-corrected chi connectivity index (χ4v) is 4.04. The van der Waals surface area contributed by atoms with Crippen LogP contribution in [-0.4, -0.2) is 33.2 Å². The molecule has 0 aliphatic carbocycles. The molecule has 3 rings (SSSR count). The second-order valence-corrected chi connectivity index (χ2v) is 7.90. The first-order chi connectivity index (χ1) is 13.3. The number of amides is 2. The van der Waals surface area contributed by atoms with E-state index in [0.717, 1.165) is 16.7 Å². The molecule has 2 aromatic carbocycles. The van der Waals surface area contributed by atoms with E-state index in [9.17, 15) is 24.8 Å². The number of non-ortho nitro benzene ring substituents is 1. The highest BCUT2D eigenvalue weighted by Crippen LogP contribution is 2.37. The summed E-state index contributed by atoms with van der Waals surface area (Å²) in [4.78, 5) is 36.6. The van der Waals surface area contributed by atoms with Crippen molar-refractivity contribution in [2.75, 3.05) is 7.11 Å². The van der Waals surface area contributed by atoms with Gasteiger partial charge in [-0.05, 0) is 63.7 Å². The lowest BCUT2D eigenvalue weighted by molar-refractivity contribution is -0.384. The van der Waals surface area contributed by atoms with Crippen molar-refractivity contribution in [3.63, 3.8) is 0 Å². The number of nitro groups is 1. The molecule has 8 nitrogen and oxygen atoms in total. The Hall–Kier alpha value is -2.60. The van der Waals surface area contributed by atoms with Crippen molar-refractivity contribution in [3.05, 3.63) is 66.1 Å². The van der Waals surface area contributed by atoms with Gasteiger partial charge >= 0.3 is 0 Å². The van der Waals surface area contributed by atoms with Crippen LogP contribution in [0.25, 0.3) is 6.08 Å². The predicted octanol–water partition coefficient (Wildman–Crippen LogP) is 4.15. The highest BCUT2D eigenvalue weighted by atomic mass is 127. The number of methoxy groups -OCH3 is 1. The molecule has 1 aliphatic rings. The number of imide groups is 1. The monoisotopic (exact) mass is 512 g/mol. The molecule has 10 heteroatoms. The number of rotatable bonds is 5. The molecule has 0 saturated carbocycles. The molecular weight excluding hydrogens is 499 g/mol. The van der Waals surface area contributed by atoms with E-state index in [4.69, 9.17) is 4.74 Å². The number of hydrogen-bond donors (Lipinski definition) is 1. The number of halogens is 1. The molecule has 2 amide bonds. The molecule has 1 heterocycles. The summed E-state index contributed by atoms with van der Waals surface area (Å²) in [5.74, 6) is -0.225. The molecule has 1 saturated heterocycles. The smallest absolute Gasteiger partial charge is 0.293 e. The maximum Gasteiger partial charge on any atom is 0.293 e. The van der Waals surface area contributed by atoms with Crippen LogP contribution in [-0.2, 0) is 11.3 Å². The average molecular weight is 512 g/mol. The minimum Gasteiger partial charge on any atom is -0.504 e. The SMILES string of the molecule is COc1cc(/C=C2/SC(=O)N(Cc3cccc([N+](=O)[O-])c3)C2=O)cc(I)c1O. The van der Waals surface area contributed by atoms with E-state index >= 15 is 0 Å². The van der Waals surface area contributed by atoms with Crippen LogP contribution in [0.4, 0.5) is 10.5 Å². The fourth-order valence-electron chi connectivity index (χ4n) is 2.57. The number of thioether (sulfide) groups is 1. The van der Waals surface area contributed by atoms with E-state index in [1.807, 2.05) is 22.6 Å². The summed E-state index contributed by atoms with van der Waals surface area (Å²) in [5, 5.41) is 20.3. The van der Waals surface area contributed by atoms with Crippen LogP contribution in [0.5, 0.6) is 11.5 Å². The Kier molecular flexibility index (Phi) is 5.89. The van der Waals surface area contributed by atoms with Gasteiger partial charge in [-0.2, -0.15) is 0 Å². The molecule has 28 heavy (non-hydrogen) atoms. The van der Waals surface area contributed by atoms with E-state index in [-0.39, 0.29) is 28.6 Å². The van der Waals surface area contributed by atoms with Gasteiger partial charge in [0.15, 0.2) is 11.5 Å². The number of phenolic OH excluding ortho intramolecular Hbond substituents is 1. The average Bonchev–Trinajstić information content (AvgIpc) is 2.92. The lowest BCUT2D eigenvalue weighted by atomic mass is 10.1. The first-order valence-corrected chi connectivity index (χ1v) is 9.75. The Labute approximate surface area is 177 Å². The molecule has 2 aromatic rings. The van der Waals surface area contributed by atoms with Gasteiger partial charge in [0.25, 0.3) is 16.8 Å². The first-order valence-electron chi connectivity index (χ1n) is 7.85. The van der Waals surface area contributed by atoms with Gasteiger partial charge in [0.1, 0.15) is 0 Å². The zero-order valence-corrected chi connectivity index (χ0v) is 17.4. The summed E-state index contributed by atoms with van der Waals surface area (Å²) in [6, 6.07) is 9.02. The molecule has 0 spiro atoms. The van der Waals surface area contributed by atoms with Crippen LogP contribution in [0, 0.1) is 13.7 Å². The molecule has 0 radical (unpaired) electrons. The van der Waals surface area contributed by atoms with Crippen LogP contribution in [0.3, 0.4) is 0 Å². The van der Waals surface area contributed by atoms with E-state index in [0.29, 0.717) is 14.7 Å². The zero-order valence-electron chi connectivity index (χ0n) is 14.4. The third kappa shape index (κ3) is 4.12. The van der Waals surface area contributed by atoms with Crippen molar-refractivity contribution in [3.8, 4) is 11.5 Å². The predicted molar refractivity (Wildman–Crippen MR) is 112 cm³/mol. The number of nitro benzene ring substituents is 1. The van der Waals surface area contributed by atoms with Gasteiger partial charge in [-0.15, -0.1) is 0 Å². The van der Waals surface area contributed by atoms with Crippen molar-refractivity contribution in [2.45, 2.75) is 6.54 Å². The quantitative estimate of drug-likeness (QED) is 0.278. The van der Waals surface area contributed by atoms with Crippen LogP contribution < -0.4 is 4.74 Å². The van der Waals surface area contributed by atoms with Crippen LogP contribution in [0.15, 0.2) is 41.3 Å². The molecule has 1 N–H and O–H groups in total. The van der Waals surface area contributed by atoms with Gasteiger partial charge in [0.2, 0.25) is 0 Å². The summed E-state index contributed by atoms with van der Waals surface area (Å²) in [7, 11) is 1.42. The summed E-state index contributed by atoms with van der Waals surface area (Å²) >= 11 is 2.73. The molecule has 0 bridgehead atoms. The number of hydrogen-bond acceptors (Lipinski definition) is 7. The summed E-state index contributed by atoms with van der Waals surface area (Å²) in [6.07, 6.45) is 1.54. The van der Waals surface area contributed by atoms with Crippen LogP contribution in [0.2, 0.25) is 0 Å². The Morgan fingerprint density at radius 2 is 2.07 bits per heavy atom. The van der Waals surface area contributed by atoms with Gasteiger partial charge in [-0.1, -0.05) is 12.1 Å². The van der Waals surface area contributed by atoms with E-state index < -0.39 is 16.1 Å². The van der Waals surface area contributed by atoms with E-state index in [2.05, 4.69) is 0 Å². The minimum atomic E-state index is -0.531. The normalized spacial score (nSPS) is 15.4. The standard InChI is InChI=1S/C18H13IN2O6S/c1-27-14-7-11(6-13(19)16(14)22)8-15-17(23)20(18(24)28-15)9-10-3-2-4-12(5-10)21(25)26/h2-8,22H,9H2,1H3/b15-8+. The minimum absolute atomic E-state index is 0.000902. The van der Waals surface area contributed by atoms with Crippen molar-refractivity contribution in [1.82, 2.24) is 4.90 Å². The second kappa shape index (κ2) is 8.19. The van der Waals surface area contributed by atoms with E-state index in [1.54, 1.807) is 24.3 Å². The van der Waals surface area contributed by atoms with Crippen molar-refractivity contribution >= 4 is 57.3 Å². The lowest BCUT2D eigenvalue weighted by Crippen LogP contribution is -2.27. The first kappa shape index (κ1) is 20.1. The summed E-state index contributed by atoms with van der Waals surface area (Å²) < 4.78 is 5.64. The van der Waals surface area contributed by atoms with Crippen LogP contribution >= 0.6 is 34.4 Å². The summed E-state index contributed by atoms with van der Waals surface area (Å²) in [6.45, 7) is -0.0554. The third-order valence-electron chi connectivity index (χ3n) is 3.90. The zero-order chi connectivity index (χ0) is 20.4. The third-order valence-corrected chi connectivity index (χ3v) is 5.63. The molecule has 0 atom stereocenters. The van der Waals surface area contributed by atoms with E-state index in [1.165, 1.54) is 25.3 Å². The van der Waals surface area contributed by atoms with Crippen molar-refractivity contribution < 1.29 is 24.4 Å². The Balaban J connectivity index is 1.86. The van der Waals surface area contributed by atoms with Gasteiger partial charge < -0.3 is 9.84 Å².